The standard InChI is InChI=1S/C46H56N4O10/c1-21-13-18-58-46(9)44(56)34-32-33(40(54)28(8)42(34)60-46)41(55)37(43-36(32)48-35-30(51)19-29(20-31(35)59-43)50-16-14-47-15-17-50)49-45(57)23(3)12-10-11-22(2)38(52)27(7)39(53)26(6)25(5)24(21)4/h10-13,18-22,24-27,38-39,47,51-54H,14-17H2,1-9H3,(H,49,57)/b11-10+,18-13+,23-12-/t21-,22-,24+,25+,26-,27+,38-,39-,46-/m0/s1. The second-order valence-electron chi connectivity index (χ2n) is 17.2. The Morgan fingerprint density at radius 1 is 0.867 bits per heavy atom. The van der Waals surface area contributed by atoms with Gasteiger partial charge in [-0.05, 0) is 43.6 Å². The normalized spacial score (nSPS) is 31.5. The number of aliphatic hydroxyl groups is 2. The van der Waals surface area contributed by atoms with Crippen LogP contribution in [0.2, 0.25) is 0 Å². The van der Waals surface area contributed by atoms with E-state index in [4.69, 9.17) is 18.9 Å². The number of fused-ring (bicyclic) bond motifs is 14. The van der Waals surface area contributed by atoms with E-state index < -0.39 is 46.8 Å². The van der Waals surface area contributed by atoms with Crippen LogP contribution < -0.4 is 25.7 Å². The molecule has 6 aliphatic rings. The van der Waals surface area contributed by atoms with Gasteiger partial charge in [0.05, 0.1) is 29.4 Å². The summed E-state index contributed by atoms with van der Waals surface area (Å²) in [7, 11) is 0. The number of allylic oxidation sites excluding steroid dienone is 3. The van der Waals surface area contributed by atoms with E-state index in [1.54, 1.807) is 37.3 Å². The number of hydrogen-bond donors (Lipinski definition) is 6. The van der Waals surface area contributed by atoms with Crippen molar-refractivity contribution < 1.29 is 43.9 Å². The highest BCUT2D eigenvalue weighted by Crippen LogP contribution is 2.51. The Bertz CT molecular complexity index is 2480. The number of aliphatic hydroxyl groups excluding tert-OH is 2. The van der Waals surface area contributed by atoms with E-state index in [0.717, 1.165) is 13.1 Å². The third-order valence-corrected chi connectivity index (χ3v) is 13.4. The van der Waals surface area contributed by atoms with E-state index in [1.165, 1.54) is 20.1 Å². The Morgan fingerprint density at radius 2 is 1.57 bits per heavy atom. The molecular weight excluding hydrogens is 769 g/mol. The number of piperazine rings is 1. The quantitative estimate of drug-likeness (QED) is 0.0911. The minimum atomic E-state index is -1.93. The van der Waals surface area contributed by atoms with Gasteiger partial charge in [-0.3, -0.25) is 14.4 Å². The largest absolute Gasteiger partial charge is 0.507 e. The fraction of sp³-hybridized carbons (Fsp3) is 0.478. The van der Waals surface area contributed by atoms with Crippen LogP contribution in [-0.4, -0.2) is 81.3 Å². The number of Topliss-reactive ketones (excluding diaryl/α,β-unsaturated/α-hetero) is 1. The molecule has 1 amide bonds. The molecule has 2 aromatic carbocycles. The van der Waals surface area contributed by atoms with Gasteiger partial charge in [0.15, 0.2) is 11.3 Å². The maximum Gasteiger partial charge on any atom is 0.312 e. The van der Waals surface area contributed by atoms with Crippen LogP contribution in [0.25, 0.3) is 33.3 Å². The molecule has 6 N–H and O–H groups in total. The summed E-state index contributed by atoms with van der Waals surface area (Å²) in [6.07, 6.45) is 6.45. The van der Waals surface area contributed by atoms with Gasteiger partial charge in [0, 0.05) is 79.3 Å². The molecule has 9 atom stereocenters. The SMILES string of the molecule is C/C1=C/C=C/[C@H](C)[C@H](O)[C@@H](C)[C@@H](O)[C@@H](C)[C@H](C)[C@H](C)[C@@H](C)/C=C/O[C@@]2(C)Oc3c(C)c(O)c4c(=O)c(c5oc6cc(N7CCNCC7)cc(O)c6nc-5c4c3C2=O)NC1=O. The van der Waals surface area contributed by atoms with Crippen molar-refractivity contribution in [2.75, 3.05) is 36.4 Å². The second-order valence-corrected chi connectivity index (χ2v) is 17.2. The van der Waals surface area contributed by atoms with Gasteiger partial charge in [-0.2, -0.15) is 0 Å². The fourth-order valence-electron chi connectivity index (χ4n) is 8.74. The summed E-state index contributed by atoms with van der Waals surface area (Å²) in [5, 5.41) is 51.5. The van der Waals surface area contributed by atoms with Crippen LogP contribution in [0, 0.1) is 42.4 Å². The number of benzene rings is 3. The lowest BCUT2D eigenvalue weighted by Crippen LogP contribution is -2.43. The van der Waals surface area contributed by atoms with E-state index in [2.05, 4.69) is 29.4 Å². The van der Waals surface area contributed by atoms with Crippen LogP contribution in [0.15, 0.2) is 57.5 Å². The van der Waals surface area contributed by atoms with Gasteiger partial charge in [0.2, 0.25) is 5.43 Å². The Kier molecular flexibility index (Phi) is 11.5. The van der Waals surface area contributed by atoms with Gasteiger partial charge >= 0.3 is 5.79 Å². The first-order chi connectivity index (χ1) is 28.4. The molecule has 320 valence electrons. The van der Waals surface area contributed by atoms with Gasteiger partial charge in [0.25, 0.3) is 11.7 Å². The zero-order valence-corrected chi connectivity index (χ0v) is 35.6. The van der Waals surface area contributed by atoms with Crippen LogP contribution in [-0.2, 0) is 9.53 Å². The molecule has 5 aliphatic heterocycles. The molecule has 8 rings (SSSR count). The van der Waals surface area contributed by atoms with Gasteiger partial charge in [-0.1, -0.05) is 59.8 Å². The first kappa shape index (κ1) is 42.7. The van der Waals surface area contributed by atoms with Crippen molar-refractivity contribution in [1.82, 2.24) is 10.3 Å². The molecule has 5 bridgehead atoms. The van der Waals surface area contributed by atoms with Crippen molar-refractivity contribution in [3.63, 3.8) is 0 Å². The molecule has 1 fully saturated rings. The number of carbonyl (C=O) groups excluding carboxylic acids is 2. The highest BCUT2D eigenvalue weighted by Gasteiger charge is 2.50. The van der Waals surface area contributed by atoms with Crippen molar-refractivity contribution in [3.8, 4) is 28.7 Å². The summed E-state index contributed by atoms with van der Waals surface area (Å²) in [6, 6.07) is 3.27. The topological polar surface area (TPSA) is 204 Å². The molecule has 60 heavy (non-hydrogen) atoms. The van der Waals surface area contributed by atoms with Crippen LogP contribution in [0.1, 0.15) is 71.3 Å². The Balaban J connectivity index is 1.45. The van der Waals surface area contributed by atoms with E-state index in [0.29, 0.717) is 18.8 Å². The average molecular weight is 825 g/mol. The Labute approximate surface area is 348 Å². The van der Waals surface area contributed by atoms with Crippen molar-refractivity contribution in [2.24, 2.45) is 35.5 Å². The monoisotopic (exact) mass is 824 g/mol. The molecule has 0 radical (unpaired) electrons. The van der Waals surface area contributed by atoms with Gasteiger partial charge < -0.3 is 49.9 Å². The molecular formula is C46H56N4O10. The summed E-state index contributed by atoms with van der Waals surface area (Å²) in [4.78, 5) is 50.1. The number of ether oxygens (including phenoxy) is 2. The van der Waals surface area contributed by atoms with Crippen molar-refractivity contribution in [1.29, 1.82) is 0 Å². The summed E-state index contributed by atoms with van der Waals surface area (Å²) in [5.41, 5.74) is -0.241. The third-order valence-electron chi connectivity index (χ3n) is 13.4. The molecule has 0 saturated carbocycles. The van der Waals surface area contributed by atoms with Gasteiger partial charge in [0.1, 0.15) is 34.1 Å². The van der Waals surface area contributed by atoms with Crippen LogP contribution in [0.5, 0.6) is 17.2 Å². The number of nitrogens with one attached hydrogen (secondary N) is 2. The third kappa shape index (κ3) is 7.28. The van der Waals surface area contributed by atoms with Crippen molar-refractivity contribution in [3.05, 3.63) is 69.6 Å². The second kappa shape index (κ2) is 16.2. The lowest BCUT2D eigenvalue weighted by atomic mass is 9.72. The van der Waals surface area contributed by atoms with E-state index in [1.807, 2.05) is 33.8 Å². The number of anilines is 2. The zero-order chi connectivity index (χ0) is 43.5. The summed E-state index contributed by atoms with van der Waals surface area (Å²) < 4.78 is 18.8. The summed E-state index contributed by atoms with van der Waals surface area (Å²) in [6.45, 7) is 19.1. The lowest BCUT2D eigenvalue weighted by Gasteiger charge is -2.36. The highest BCUT2D eigenvalue weighted by molar-refractivity contribution is 6.22. The minimum absolute atomic E-state index is 0.0116. The molecule has 1 saturated heterocycles. The lowest BCUT2D eigenvalue weighted by molar-refractivity contribution is -0.112. The molecule has 2 aromatic rings. The van der Waals surface area contributed by atoms with Gasteiger partial charge in [-0.15, -0.1) is 0 Å². The molecule has 0 spiro atoms. The van der Waals surface area contributed by atoms with Crippen molar-refractivity contribution >= 4 is 44.9 Å². The Hall–Kier alpha value is -5.44. The Morgan fingerprint density at radius 3 is 2.27 bits per heavy atom. The van der Waals surface area contributed by atoms with E-state index in [-0.39, 0.29) is 96.8 Å². The van der Waals surface area contributed by atoms with Crippen LogP contribution in [0.3, 0.4) is 0 Å². The fourth-order valence-corrected chi connectivity index (χ4v) is 8.74. The van der Waals surface area contributed by atoms with E-state index in [9.17, 15) is 34.8 Å². The number of phenols is 2. The number of phenolic OH excluding ortho intramolecular Hbond substituents is 2. The molecule has 0 unspecified atom stereocenters. The maximum absolute atomic E-state index is 14.7. The molecule has 14 nitrogen and oxygen atoms in total. The molecule has 1 aliphatic carbocycles. The predicted octanol–water partition coefficient (Wildman–Crippen LogP) is 6.39. The van der Waals surface area contributed by atoms with Crippen LogP contribution >= 0.6 is 0 Å². The summed E-state index contributed by atoms with van der Waals surface area (Å²) in [5.74, 6) is -5.23. The molecule has 5 heterocycles. The number of carbonyl (C=O) groups is 2. The maximum atomic E-state index is 14.7. The highest BCUT2D eigenvalue weighted by atomic mass is 16.7. The zero-order valence-electron chi connectivity index (χ0n) is 35.6. The number of hydrogen-bond acceptors (Lipinski definition) is 13. The summed E-state index contributed by atoms with van der Waals surface area (Å²) >= 11 is 0. The molecule has 0 aromatic heterocycles. The smallest absolute Gasteiger partial charge is 0.312 e. The van der Waals surface area contributed by atoms with E-state index >= 15 is 0 Å². The molecule has 14 heteroatoms. The minimum Gasteiger partial charge on any atom is -0.507 e. The first-order valence-corrected chi connectivity index (χ1v) is 20.8. The first-order valence-electron chi connectivity index (χ1n) is 20.8. The predicted molar refractivity (Wildman–Crippen MR) is 230 cm³/mol. The number of aromatic nitrogens is 1. The number of ketones is 1. The van der Waals surface area contributed by atoms with Crippen LogP contribution in [0.4, 0.5) is 11.4 Å². The van der Waals surface area contributed by atoms with Gasteiger partial charge in [-0.25, -0.2) is 4.98 Å². The number of nitrogens with zero attached hydrogens (tertiary/aromatic N) is 2. The average Bonchev–Trinajstić information content (AvgIpc) is 3.50. The number of amides is 1. The number of rotatable bonds is 1. The number of aromatic hydroxyl groups is 2. The van der Waals surface area contributed by atoms with Crippen molar-refractivity contribution in [2.45, 2.75) is 80.3 Å².